The minimum absolute atomic E-state index is 0.255. The number of nitrogens with zero attached hydrogens (tertiary/aromatic N) is 3. The lowest BCUT2D eigenvalue weighted by atomic mass is 10.00. The molecule has 21 heavy (non-hydrogen) atoms. The number of piperazine rings is 1. The Labute approximate surface area is 131 Å². The van der Waals surface area contributed by atoms with Crippen LogP contribution in [-0.4, -0.2) is 52.6 Å². The van der Waals surface area contributed by atoms with Crippen LogP contribution in [0.5, 0.6) is 0 Å². The van der Waals surface area contributed by atoms with Gasteiger partial charge in [-0.3, -0.25) is 9.80 Å². The van der Waals surface area contributed by atoms with Crippen molar-refractivity contribution < 1.29 is 5.21 Å². The van der Waals surface area contributed by atoms with E-state index >= 15 is 0 Å². The van der Waals surface area contributed by atoms with Crippen LogP contribution in [0.25, 0.3) is 0 Å². The molecule has 0 bridgehead atoms. The average molecular weight is 311 g/mol. The van der Waals surface area contributed by atoms with E-state index in [2.05, 4.69) is 21.0 Å². The Morgan fingerprint density at radius 1 is 1.33 bits per heavy atom. The van der Waals surface area contributed by atoms with Crippen LogP contribution in [0.15, 0.2) is 29.4 Å². The van der Waals surface area contributed by atoms with Crippen molar-refractivity contribution in [3.05, 3.63) is 34.9 Å². The van der Waals surface area contributed by atoms with E-state index in [-0.39, 0.29) is 5.84 Å². The Morgan fingerprint density at radius 3 is 2.57 bits per heavy atom. The van der Waals surface area contributed by atoms with Crippen LogP contribution in [0.2, 0.25) is 5.02 Å². The van der Waals surface area contributed by atoms with Crippen molar-refractivity contribution in [3.63, 3.8) is 0 Å². The van der Waals surface area contributed by atoms with Crippen LogP contribution in [-0.2, 0) is 6.54 Å². The third-order valence-corrected chi connectivity index (χ3v) is 4.43. The molecule has 1 fully saturated rings. The monoisotopic (exact) mass is 310 g/mol. The Kier molecular flexibility index (Phi) is 5.08. The first kappa shape index (κ1) is 16.1. The number of benzene rings is 1. The van der Waals surface area contributed by atoms with Gasteiger partial charge in [0.25, 0.3) is 0 Å². The molecule has 6 heteroatoms. The highest BCUT2D eigenvalue weighted by Gasteiger charge is 2.33. The molecule has 0 aromatic heterocycles. The molecule has 1 aliphatic rings. The number of rotatable bonds is 4. The highest BCUT2D eigenvalue weighted by atomic mass is 35.5. The van der Waals surface area contributed by atoms with Crippen molar-refractivity contribution in [2.75, 3.05) is 26.2 Å². The summed E-state index contributed by atoms with van der Waals surface area (Å²) in [5.74, 6) is 0.255. The first-order chi connectivity index (χ1) is 9.93. The van der Waals surface area contributed by atoms with Crippen LogP contribution in [0.1, 0.15) is 19.4 Å². The second-order valence-electron chi connectivity index (χ2n) is 5.94. The standard InChI is InChI=1S/C15H23ClN4O/c1-15(2,14(17)18-21)20-8-6-19(7-9-20)11-12-4-3-5-13(16)10-12/h3-5,10,21H,6-9,11H2,1-2H3,(H2,17,18). The SMILES string of the molecule is CC(C)(C(N)=NO)N1CCN(Cc2cccc(Cl)c2)CC1. The predicted molar refractivity (Wildman–Crippen MR) is 85.8 cm³/mol. The van der Waals surface area contributed by atoms with Crippen LogP contribution < -0.4 is 5.73 Å². The number of hydrogen-bond acceptors (Lipinski definition) is 4. The van der Waals surface area contributed by atoms with Gasteiger partial charge in [-0.1, -0.05) is 28.9 Å². The normalized spacial score (nSPS) is 18.9. The number of nitrogens with two attached hydrogens (primary N) is 1. The van der Waals surface area contributed by atoms with Crippen molar-refractivity contribution in [3.8, 4) is 0 Å². The molecule has 1 heterocycles. The Bertz CT molecular complexity index is 510. The number of halogens is 1. The van der Waals surface area contributed by atoms with E-state index in [0.29, 0.717) is 0 Å². The van der Waals surface area contributed by atoms with Gasteiger partial charge in [0.1, 0.15) is 0 Å². The highest BCUT2D eigenvalue weighted by molar-refractivity contribution is 6.30. The molecule has 0 spiro atoms. The maximum Gasteiger partial charge on any atom is 0.159 e. The van der Waals surface area contributed by atoms with Crippen molar-refractivity contribution in [2.45, 2.75) is 25.9 Å². The number of oxime groups is 1. The molecular weight excluding hydrogens is 288 g/mol. The van der Waals surface area contributed by atoms with Gasteiger partial charge in [-0.25, -0.2) is 0 Å². The number of amidine groups is 1. The first-order valence-corrected chi connectivity index (χ1v) is 7.51. The summed E-state index contributed by atoms with van der Waals surface area (Å²) in [7, 11) is 0. The Morgan fingerprint density at radius 2 is 2.00 bits per heavy atom. The van der Waals surface area contributed by atoms with Crippen LogP contribution in [0.3, 0.4) is 0 Å². The molecular formula is C15H23ClN4O. The summed E-state index contributed by atoms with van der Waals surface area (Å²) in [4.78, 5) is 4.64. The van der Waals surface area contributed by atoms with Crippen molar-refractivity contribution in [1.82, 2.24) is 9.80 Å². The highest BCUT2D eigenvalue weighted by Crippen LogP contribution is 2.19. The van der Waals surface area contributed by atoms with Gasteiger partial charge in [-0.05, 0) is 31.5 Å². The maximum absolute atomic E-state index is 8.89. The third-order valence-electron chi connectivity index (χ3n) is 4.19. The van der Waals surface area contributed by atoms with Crippen molar-refractivity contribution in [2.24, 2.45) is 10.9 Å². The zero-order valence-electron chi connectivity index (χ0n) is 12.6. The summed E-state index contributed by atoms with van der Waals surface area (Å²) < 4.78 is 0. The quantitative estimate of drug-likeness (QED) is 0.386. The van der Waals surface area contributed by atoms with E-state index in [0.717, 1.165) is 37.7 Å². The first-order valence-electron chi connectivity index (χ1n) is 7.13. The molecule has 0 atom stereocenters. The van der Waals surface area contributed by atoms with Gasteiger partial charge >= 0.3 is 0 Å². The van der Waals surface area contributed by atoms with Crippen LogP contribution in [0.4, 0.5) is 0 Å². The van der Waals surface area contributed by atoms with Gasteiger partial charge < -0.3 is 10.9 Å². The summed E-state index contributed by atoms with van der Waals surface area (Å²) in [5, 5.41) is 12.8. The molecule has 1 saturated heterocycles. The molecule has 0 amide bonds. The molecule has 3 N–H and O–H groups in total. The molecule has 0 radical (unpaired) electrons. The second-order valence-corrected chi connectivity index (χ2v) is 6.37. The van der Waals surface area contributed by atoms with E-state index in [1.54, 1.807) is 0 Å². The zero-order valence-corrected chi connectivity index (χ0v) is 13.3. The summed E-state index contributed by atoms with van der Waals surface area (Å²) in [6, 6.07) is 7.98. The average Bonchev–Trinajstić information content (AvgIpc) is 2.47. The smallest absolute Gasteiger partial charge is 0.159 e. The van der Waals surface area contributed by atoms with Gasteiger partial charge in [-0.15, -0.1) is 0 Å². The molecule has 5 nitrogen and oxygen atoms in total. The topological polar surface area (TPSA) is 65.1 Å². The van der Waals surface area contributed by atoms with E-state index in [1.807, 2.05) is 32.0 Å². The molecule has 1 aromatic carbocycles. The van der Waals surface area contributed by atoms with Gasteiger partial charge in [0.05, 0.1) is 5.54 Å². The minimum atomic E-state index is -0.420. The minimum Gasteiger partial charge on any atom is -0.409 e. The van der Waals surface area contributed by atoms with E-state index in [9.17, 15) is 0 Å². The predicted octanol–water partition coefficient (Wildman–Crippen LogP) is 1.98. The molecule has 1 aliphatic heterocycles. The fourth-order valence-corrected chi connectivity index (χ4v) is 2.86. The molecule has 0 aliphatic carbocycles. The van der Waals surface area contributed by atoms with Gasteiger partial charge in [0.2, 0.25) is 0 Å². The lowest BCUT2D eigenvalue weighted by Gasteiger charge is -2.43. The molecule has 0 unspecified atom stereocenters. The summed E-state index contributed by atoms with van der Waals surface area (Å²) in [5.41, 5.74) is 6.60. The van der Waals surface area contributed by atoms with Gasteiger partial charge in [-0.2, -0.15) is 0 Å². The van der Waals surface area contributed by atoms with Gasteiger partial charge in [0, 0.05) is 37.7 Å². The molecule has 116 valence electrons. The van der Waals surface area contributed by atoms with Crippen LogP contribution in [0, 0.1) is 0 Å². The lowest BCUT2D eigenvalue weighted by Crippen LogP contribution is -2.59. The summed E-state index contributed by atoms with van der Waals surface area (Å²) in [6.45, 7) is 8.55. The molecule has 2 rings (SSSR count). The largest absolute Gasteiger partial charge is 0.409 e. The zero-order chi connectivity index (χ0) is 15.5. The summed E-state index contributed by atoms with van der Waals surface area (Å²) >= 11 is 6.02. The summed E-state index contributed by atoms with van der Waals surface area (Å²) in [6.07, 6.45) is 0. The van der Waals surface area contributed by atoms with E-state index in [4.69, 9.17) is 22.5 Å². The molecule has 0 saturated carbocycles. The van der Waals surface area contributed by atoms with Gasteiger partial charge in [0.15, 0.2) is 5.84 Å². The van der Waals surface area contributed by atoms with Crippen LogP contribution >= 0.6 is 11.6 Å². The Hall–Kier alpha value is -1.30. The van der Waals surface area contributed by atoms with E-state index in [1.165, 1.54) is 5.56 Å². The van der Waals surface area contributed by atoms with Crippen molar-refractivity contribution >= 4 is 17.4 Å². The Balaban J connectivity index is 1.92. The van der Waals surface area contributed by atoms with Crippen molar-refractivity contribution in [1.29, 1.82) is 0 Å². The fourth-order valence-electron chi connectivity index (χ4n) is 2.64. The fraction of sp³-hybridized carbons (Fsp3) is 0.533. The second kappa shape index (κ2) is 6.64. The maximum atomic E-state index is 8.89. The lowest BCUT2D eigenvalue weighted by molar-refractivity contribution is 0.0794. The number of hydrogen-bond donors (Lipinski definition) is 2. The van der Waals surface area contributed by atoms with E-state index < -0.39 is 5.54 Å². The third kappa shape index (κ3) is 3.87. The molecule has 1 aromatic rings.